The lowest BCUT2D eigenvalue weighted by molar-refractivity contribution is -0.137. The second-order valence-electron chi connectivity index (χ2n) is 6.13. The summed E-state index contributed by atoms with van der Waals surface area (Å²) in [5.74, 6) is 0.493. The van der Waals surface area contributed by atoms with Gasteiger partial charge in [0.15, 0.2) is 0 Å². The van der Waals surface area contributed by atoms with E-state index in [1.807, 2.05) is 7.05 Å². The van der Waals surface area contributed by atoms with Crippen LogP contribution in [0.5, 0.6) is 0 Å². The molecule has 1 fully saturated rings. The van der Waals surface area contributed by atoms with E-state index in [9.17, 15) is 13.2 Å². The fourth-order valence-electron chi connectivity index (χ4n) is 2.85. The molecule has 2 rings (SSSR count). The molecule has 106 valence electrons. The van der Waals surface area contributed by atoms with E-state index in [-0.39, 0.29) is 11.5 Å². The summed E-state index contributed by atoms with van der Waals surface area (Å²) >= 11 is 0. The van der Waals surface area contributed by atoms with Crippen LogP contribution >= 0.6 is 0 Å². The maximum absolute atomic E-state index is 12.7. The molecule has 1 N–H and O–H groups in total. The average Bonchev–Trinajstić information content (AvgIpc) is 2.89. The third-order valence-corrected chi connectivity index (χ3v) is 4.24. The number of aryl methyl sites for hydroxylation is 1. The minimum Gasteiger partial charge on any atom is -0.313 e. The standard InChI is InChI=1S/C15H20F3N/c1-9-7-10(15(16,17)18)5-6-11(9)13(19-4)12-8-14(12,2)3/h5-7,12-13,19H,8H2,1-4H3. The van der Waals surface area contributed by atoms with E-state index in [1.54, 1.807) is 13.0 Å². The quantitative estimate of drug-likeness (QED) is 0.863. The van der Waals surface area contributed by atoms with E-state index in [0.29, 0.717) is 11.5 Å². The fraction of sp³-hybridized carbons (Fsp3) is 0.600. The van der Waals surface area contributed by atoms with Gasteiger partial charge in [-0.3, -0.25) is 0 Å². The maximum atomic E-state index is 12.7. The Labute approximate surface area is 112 Å². The average molecular weight is 271 g/mol. The van der Waals surface area contributed by atoms with E-state index in [0.717, 1.165) is 12.0 Å². The van der Waals surface area contributed by atoms with Gasteiger partial charge in [-0.1, -0.05) is 19.9 Å². The summed E-state index contributed by atoms with van der Waals surface area (Å²) in [5, 5.41) is 3.25. The van der Waals surface area contributed by atoms with Crippen molar-refractivity contribution >= 4 is 0 Å². The molecule has 0 aliphatic heterocycles. The Kier molecular flexibility index (Phi) is 3.42. The predicted octanol–water partition coefficient (Wildman–Crippen LogP) is 4.32. The van der Waals surface area contributed by atoms with Crippen molar-refractivity contribution in [2.75, 3.05) is 7.05 Å². The number of hydrogen-bond acceptors (Lipinski definition) is 1. The van der Waals surface area contributed by atoms with E-state index in [2.05, 4.69) is 19.2 Å². The Balaban J connectivity index is 2.30. The summed E-state index contributed by atoms with van der Waals surface area (Å²) in [5.41, 5.74) is 1.39. The van der Waals surface area contributed by atoms with Crippen LogP contribution in [-0.2, 0) is 6.18 Å². The summed E-state index contributed by atoms with van der Waals surface area (Å²) in [6, 6.07) is 4.18. The molecule has 0 heterocycles. The van der Waals surface area contributed by atoms with E-state index in [4.69, 9.17) is 0 Å². The van der Waals surface area contributed by atoms with Crippen molar-refractivity contribution in [2.24, 2.45) is 11.3 Å². The van der Waals surface area contributed by atoms with Gasteiger partial charge in [0.25, 0.3) is 0 Å². The summed E-state index contributed by atoms with van der Waals surface area (Å²) < 4.78 is 38.0. The van der Waals surface area contributed by atoms with Crippen LogP contribution in [0.3, 0.4) is 0 Å². The van der Waals surface area contributed by atoms with Crippen molar-refractivity contribution in [3.05, 3.63) is 34.9 Å². The van der Waals surface area contributed by atoms with Crippen LogP contribution in [0.1, 0.15) is 43.0 Å². The fourth-order valence-corrected chi connectivity index (χ4v) is 2.85. The molecule has 1 aromatic carbocycles. The molecule has 2 atom stereocenters. The normalized spacial score (nSPS) is 23.2. The maximum Gasteiger partial charge on any atom is 0.416 e. The summed E-state index contributed by atoms with van der Waals surface area (Å²) in [6.07, 6.45) is -3.16. The number of rotatable bonds is 3. The molecule has 0 saturated heterocycles. The number of halogens is 3. The van der Waals surface area contributed by atoms with Gasteiger partial charge in [-0.25, -0.2) is 0 Å². The van der Waals surface area contributed by atoms with Gasteiger partial charge in [-0.2, -0.15) is 13.2 Å². The van der Waals surface area contributed by atoms with Gasteiger partial charge in [0.2, 0.25) is 0 Å². The lowest BCUT2D eigenvalue weighted by Crippen LogP contribution is -2.22. The minimum atomic E-state index is -4.27. The molecule has 0 bridgehead atoms. The molecule has 2 unspecified atom stereocenters. The van der Waals surface area contributed by atoms with Gasteiger partial charge in [-0.15, -0.1) is 0 Å². The zero-order valence-electron chi connectivity index (χ0n) is 11.7. The zero-order valence-corrected chi connectivity index (χ0v) is 11.7. The van der Waals surface area contributed by atoms with Crippen LogP contribution in [0.4, 0.5) is 13.2 Å². The molecule has 1 aromatic rings. The molecule has 0 radical (unpaired) electrons. The highest BCUT2D eigenvalue weighted by molar-refractivity contribution is 5.36. The zero-order chi connectivity index (χ0) is 14.4. The van der Waals surface area contributed by atoms with Gasteiger partial charge in [0.05, 0.1) is 5.56 Å². The summed E-state index contributed by atoms with van der Waals surface area (Å²) in [6.45, 7) is 6.15. The molecule has 4 heteroatoms. The highest BCUT2D eigenvalue weighted by Crippen LogP contribution is 2.58. The molecule has 1 nitrogen and oxygen atoms in total. The van der Waals surface area contributed by atoms with Crippen molar-refractivity contribution in [3.63, 3.8) is 0 Å². The van der Waals surface area contributed by atoms with E-state index < -0.39 is 11.7 Å². The van der Waals surface area contributed by atoms with Crippen LogP contribution in [-0.4, -0.2) is 7.05 Å². The van der Waals surface area contributed by atoms with Gasteiger partial charge in [0, 0.05) is 6.04 Å². The van der Waals surface area contributed by atoms with Gasteiger partial charge >= 0.3 is 6.18 Å². The van der Waals surface area contributed by atoms with Crippen molar-refractivity contribution in [1.82, 2.24) is 5.32 Å². The molecule has 0 amide bonds. The largest absolute Gasteiger partial charge is 0.416 e. The Morgan fingerprint density at radius 1 is 1.32 bits per heavy atom. The second-order valence-corrected chi connectivity index (χ2v) is 6.13. The molecular formula is C15H20F3N. The Bertz CT molecular complexity index is 477. The number of alkyl halides is 3. The van der Waals surface area contributed by atoms with Crippen molar-refractivity contribution < 1.29 is 13.2 Å². The first-order valence-corrected chi connectivity index (χ1v) is 6.52. The SMILES string of the molecule is CNC(c1ccc(C(F)(F)F)cc1C)C1CC1(C)C. The summed E-state index contributed by atoms with van der Waals surface area (Å²) in [4.78, 5) is 0. The number of hydrogen-bond donors (Lipinski definition) is 1. The van der Waals surface area contributed by atoms with Crippen molar-refractivity contribution in [3.8, 4) is 0 Å². The van der Waals surface area contributed by atoms with Crippen LogP contribution in [0.25, 0.3) is 0 Å². The predicted molar refractivity (Wildman–Crippen MR) is 69.9 cm³/mol. The van der Waals surface area contributed by atoms with Crippen molar-refractivity contribution in [1.29, 1.82) is 0 Å². The molecule has 1 aliphatic rings. The smallest absolute Gasteiger partial charge is 0.313 e. The Hall–Kier alpha value is -1.03. The van der Waals surface area contributed by atoms with Crippen LogP contribution in [0, 0.1) is 18.3 Å². The Morgan fingerprint density at radius 2 is 1.89 bits per heavy atom. The van der Waals surface area contributed by atoms with Gasteiger partial charge in [0.1, 0.15) is 0 Å². The molecule has 0 spiro atoms. The first kappa shape index (κ1) is 14.4. The molecule has 1 saturated carbocycles. The van der Waals surface area contributed by atoms with Crippen LogP contribution in [0.2, 0.25) is 0 Å². The van der Waals surface area contributed by atoms with E-state index in [1.165, 1.54) is 12.1 Å². The highest BCUT2D eigenvalue weighted by Gasteiger charge is 2.50. The number of benzene rings is 1. The van der Waals surface area contributed by atoms with E-state index >= 15 is 0 Å². The first-order valence-electron chi connectivity index (χ1n) is 6.52. The lowest BCUT2D eigenvalue weighted by Gasteiger charge is -2.21. The minimum absolute atomic E-state index is 0.136. The first-order chi connectivity index (χ1) is 8.66. The second kappa shape index (κ2) is 4.51. The van der Waals surface area contributed by atoms with Crippen LogP contribution in [0.15, 0.2) is 18.2 Å². The van der Waals surface area contributed by atoms with Crippen molar-refractivity contribution in [2.45, 2.75) is 39.4 Å². The number of nitrogens with one attached hydrogen (secondary N) is 1. The molecule has 19 heavy (non-hydrogen) atoms. The van der Waals surface area contributed by atoms with Gasteiger partial charge in [-0.05, 0) is 55.0 Å². The molecular weight excluding hydrogens is 251 g/mol. The van der Waals surface area contributed by atoms with Crippen LogP contribution < -0.4 is 5.32 Å². The third kappa shape index (κ3) is 2.78. The molecule has 1 aliphatic carbocycles. The highest BCUT2D eigenvalue weighted by atomic mass is 19.4. The molecule has 0 aromatic heterocycles. The monoisotopic (exact) mass is 271 g/mol. The topological polar surface area (TPSA) is 12.0 Å². The Morgan fingerprint density at radius 3 is 2.26 bits per heavy atom. The van der Waals surface area contributed by atoms with Gasteiger partial charge < -0.3 is 5.32 Å². The third-order valence-electron chi connectivity index (χ3n) is 4.24. The summed E-state index contributed by atoms with van der Waals surface area (Å²) in [7, 11) is 1.87. The lowest BCUT2D eigenvalue weighted by atomic mass is 9.92.